The van der Waals surface area contributed by atoms with E-state index in [1.54, 1.807) is 36.4 Å². The maximum absolute atomic E-state index is 12.9. The van der Waals surface area contributed by atoms with Crippen molar-refractivity contribution in [2.45, 2.75) is 22.9 Å². The van der Waals surface area contributed by atoms with Gasteiger partial charge < -0.3 is 5.11 Å². The van der Waals surface area contributed by atoms with Crippen LogP contribution in [0.5, 0.6) is 0 Å². The first kappa shape index (κ1) is 18.9. The number of rotatable bonds is 5. The van der Waals surface area contributed by atoms with Crippen LogP contribution in [0.3, 0.4) is 0 Å². The first-order valence-electron chi connectivity index (χ1n) is 8.30. The lowest BCUT2D eigenvalue weighted by atomic mass is 10.1. The monoisotopic (exact) mass is 383 g/mol. The van der Waals surface area contributed by atoms with Gasteiger partial charge in [-0.15, -0.1) is 0 Å². The summed E-state index contributed by atoms with van der Waals surface area (Å²) in [7, 11) is -3.84. The molecule has 1 aromatic heterocycles. The number of pyridine rings is 1. The number of hydrogen-bond donors (Lipinski definition) is 1. The molecule has 4 nitrogen and oxygen atoms in total. The molecule has 3 aromatic rings. The minimum absolute atomic E-state index is 0.0991. The Balaban J connectivity index is 1.87. The smallest absolute Gasteiger partial charge is 0.224 e. The number of aliphatic hydroxyl groups excluding tert-OH is 1. The lowest BCUT2D eigenvalue weighted by Gasteiger charge is -2.11. The fourth-order valence-corrected chi connectivity index (χ4v) is 4.05. The van der Waals surface area contributed by atoms with Gasteiger partial charge in [-0.25, -0.2) is 17.8 Å². The number of sulfone groups is 1. The van der Waals surface area contributed by atoms with Crippen molar-refractivity contribution in [3.63, 3.8) is 0 Å². The SMILES string of the molecule is CC(O)c1cccnc1S(=O)(=O)c1ccc(C=Cc2ccc(F)cc2)cc1. The third kappa shape index (κ3) is 4.30. The van der Waals surface area contributed by atoms with Crippen LogP contribution in [-0.4, -0.2) is 18.5 Å². The lowest BCUT2D eigenvalue weighted by molar-refractivity contribution is 0.195. The van der Waals surface area contributed by atoms with Crippen molar-refractivity contribution >= 4 is 22.0 Å². The molecule has 1 atom stereocenters. The van der Waals surface area contributed by atoms with Crippen molar-refractivity contribution < 1.29 is 17.9 Å². The molecule has 0 spiro atoms. The van der Waals surface area contributed by atoms with Crippen LogP contribution in [0.4, 0.5) is 4.39 Å². The van der Waals surface area contributed by atoms with E-state index in [1.807, 2.05) is 12.2 Å². The molecule has 0 aliphatic rings. The Kier molecular flexibility index (Phi) is 5.48. The van der Waals surface area contributed by atoms with E-state index in [0.717, 1.165) is 11.1 Å². The Labute approximate surface area is 157 Å². The quantitative estimate of drug-likeness (QED) is 0.668. The van der Waals surface area contributed by atoms with Gasteiger partial charge in [0.15, 0.2) is 5.03 Å². The van der Waals surface area contributed by atoms with Crippen LogP contribution in [0, 0.1) is 5.82 Å². The van der Waals surface area contributed by atoms with Gasteiger partial charge >= 0.3 is 0 Å². The topological polar surface area (TPSA) is 67.3 Å². The van der Waals surface area contributed by atoms with E-state index in [9.17, 15) is 17.9 Å². The van der Waals surface area contributed by atoms with Crippen LogP contribution in [0.2, 0.25) is 0 Å². The number of nitrogens with zero attached hydrogens (tertiary/aromatic N) is 1. The molecule has 0 fully saturated rings. The highest BCUT2D eigenvalue weighted by Gasteiger charge is 2.24. The molecular weight excluding hydrogens is 365 g/mol. The first-order valence-corrected chi connectivity index (χ1v) is 9.78. The summed E-state index contributed by atoms with van der Waals surface area (Å²) in [5.41, 5.74) is 1.90. The van der Waals surface area contributed by atoms with Gasteiger partial charge in [0.25, 0.3) is 0 Å². The fourth-order valence-electron chi connectivity index (χ4n) is 2.58. The van der Waals surface area contributed by atoms with Gasteiger partial charge in [-0.3, -0.25) is 0 Å². The highest BCUT2D eigenvalue weighted by atomic mass is 32.2. The molecule has 0 aliphatic carbocycles. The lowest BCUT2D eigenvalue weighted by Crippen LogP contribution is -2.09. The van der Waals surface area contributed by atoms with Crippen molar-refractivity contribution in [3.05, 3.63) is 89.4 Å². The zero-order valence-electron chi connectivity index (χ0n) is 14.6. The Morgan fingerprint density at radius 2 is 1.52 bits per heavy atom. The Bertz CT molecular complexity index is 1060. The van der Waals surface area contributed by atoms with Gasteiger partial charge in [0.2, 0.25) is 9.84 Å². The van der Waals surface area contributed by atoms with Crippen molar-refractivity contribution in [2.24, 2.45) is 0 Å². The van der Waals surface area contributed by atoms with Crippen LogP contribution >= 0.6 is 0 Å². The molecule has 0 amide bonds. The van der Waals surface area contributed by atoms with Crippen molar-refractivity contribution in [2.75, 3.05) is 0 Å². The largest absolute Gasteiger partial charge is 0.389 e. The molecule has 0 bridgehead atoms. The molecule has 0 aliphatic heterocycles. The van der Waals surface area contributed by atoms with E-state index >= 15 is 0 Å². The summed E-state index contributed by atoms with van der Waals surface area (Å²) in [6.45, 7) is 1.50. The van der Waals surface area contributed by atoms with Gasteiger partial charge in [-0.1, -0.05) is 42.5 Å². The molecular formula is C21H18FNO3S. The molecule has 3 rings (SSSR count). The number of halogens is 1. The molecule has 1 heterocycles. The van der Waals surface area contributed by atoms with E-state index in [2.05, 4.69) is 4.98 Å². The van der Waals surface area contributed by atoms with Crippen LogP contribution in [-0.2, 0) is 9.84 Å². The van der Waals surface area contributed by atoms with E-state index in [0.29, 0.717) is 0 Å². The standard InChI is InChI=1S/C21H18FNO3S/c1-15(24)20-3-2-14-23-21(20)27(25,26)19-12-8-17(9-13-19)5-4-16-6-10-18(22)11-7-16/h2-15,24H,1H3. The summed E-state index contributed by atoms with van der Waals surface area (Å²) < 4.78 is 38.6. The van der Waals surface area contributed by atoms with Crippen LogP contribution in [0.25, 0.3) is 12.2 Å². The molecule has 6 heteroatoms. The maximum Gasteiger partial charge on any atom is 0.224 e. The Morgan fingerprint density at radius 1 is 0.963 bits per heavy atom. The molecule has 0 radical (unpaired) electrons. The minimum Gasteiger partial charge on any atom is -0.389 e. The van der Waals surface area contributed by atoms with E-state index in [4.69, 9.17) is 0 Å². The number of benzene rings is 2. The second-order valence-corrected chi connectivity index (χ2v) is 7.90. The van der Waals surface area contributed by atoms with Gasteiger partial charge in [-0.05, 0) is 48.4 Å². The van der Waals surface area contributed by atoms with Gasteiger partial charge in [0, 0.05) is 11.8 Å². The summed E-state index contributed by atoms with van der Waals surface area (Å²) in [4.78, 5) is 4.06. The van der Waals surface area contributed by atoms with Crippen molar-refractivity contribution in [1.82, 2.24) is 4.98 Å². The third-order valence-corrected chi connectivity index (χ3v) is 5.78. The van der Waals surface area contributed by atoms with Crippen LogP contribution < -0.4 is 0 Å². The summed E-state index contributed by atoms with van der Waals surface area (Å²) in [6.07, 6.45) is 4.07. The predicted octanol–water partition coefficient (Wildman–Crippen LogP) is 4.28. The predicted molar refractivity (Wildman–Crippen MR) is 102 cm³/mol. The molecule has 138 valence electrons. The first-order chi connectivity index (χ1) is 12.9. The van der Waals surface area contributed by atoms with Gasteiger partial charge in [-0.2, -0.15) is 0 Å². The van der Waals surface area contributed by atoms with Crippen LogP contribution in [0.15, 0.2) is 76.8 Å². The van der Waals surface area contributed by atoms with Gasteiger partial charge in [0.05, 0.1) is 11.0 Å². The van der Waals surface area contributed by atoms with E-state index in [-0.39, 0.29) is 21.3 Å². The second-order valence-electron chi connectivity index (χ2n) is 6.03. The number of aromatic nitrogens is 1. The number of hydrogen-bond acceptors (Lipinski definition) is 4. The highest BCUT2D eigenvalue weighted by Crippen LogP contribution is 2.26. The summed E-state index contributed by atoms with van der Waals surface area (Å²) >= 11 is 0. The summed E-state index contributed by atoms with van der Waals surface area (Å²) in [6, 6.07) is 15.6. The Hall–Kier alpha value is -2.83. The van der Waals surface area contributed by atoms with Crippen molar-refractivity contribution in [3.8, 4) is 0 Å². The molecule has 2 aromatic carbocycles. The molecule has 1 unspecified atom stereocenters. The summed E-state index contributed by atoms with van der Waals surface area (Å²) in [5.74, 6) is -0.298. The van der Waals surface area contributed by atoms with Crippen molar-refractivity contribution in [1.29, 1.82) is 0 Å². The summed E-state index contributed by atoms with van der Waals surface area (Å²) in [5, 5.41) is 9.67. The maximum atomic E-state index is 12.9. The fraction of sp³-hybridized carbons (Fsp3) is 0.0952. The molecule has 0 saturated carbocycles. The minimum atomic E-state index is -3.84. The number of aliphatic hydroxyl groups is 1. The zero-order chi connectivity index (χ0) is 19.4. The molecule has 0 saturated heterocycles. The third-order valence-electron chi connectivity index (χ3n) is 4.03. The van der Waals surface area contributed by atoms with Crippen LogP contribution in [0.1, 0.15) is 29.7 Å². The second kappa shape index (κ2) is 7.82. The van der Waals surface area contributed by atoms with E-state index < -0.39 is 15.9 Å². The van der Waals surface area contributed by atoms with Gasteiger partial charge in [0.1, 0.15) is 5.82 Å². The average molecular weight is 383 g/mol. The van der Waals surface area contributed by atoms with E-state index in [1.165, 1.54) is 37.4 Å². The Morgan fingerprint density at radius 3 is 2.07 bits per heavy atom. The zero-order valence-corrected chi connectivity index (χ0v) is 15.4. The normalized spacial score (nSPS) is 13.0. The molecule has 1 N–H and O–H groups in total. The average Bonchev–Trinajstić information content (AvgIpc) is 2.68. The molecule has 27 heavy (non-hydrogen) atoms. The highest BCUT2D eigenvalue weighted by molar-refractivity contribution is 7.91.